The summed E-state index contributed by atoms with van der Waals surface area (Å²) in [5.74, 6) is 0.0231. The van der Waals surface area contributed by atoms with Gasteiger partial charge >= 0.3 is 17.8 Å². The molecule has 2 aromatic rings. The second-order valence-electron chi connectivity index (χ2n) is 13.7. The van der Waals surface area contributed by atoms with Gasteiger partial charge in [0, 0.05) is 42.9 Å². The number of nitro benzene ring substituents is 1. The topological polar surface area (TPSA) is 155 Å². The summed E-state index contributed by atoms with van der Waals surface area (Å²) in [4.78, 5) is 46.8. The molecular weight excluding hydrogens is 570 g/mol. The molecule has 9 atom stereocenters. The lowest BCUT2D eigenvalue weighted by Crippen LogP contribution is -2.62. The molecule has 0 aliphatic heterocycles. The number of nitrogens with zero attached hydrogens (tertiary/aromatic N) is 1. The zero-order chi connectivity index (χ0) is 31.4. The largest absolute Gasteiger partial charge is 0.514 e. The number of ether oxygens (including phenoxy) is 3. The molecule has 4 aliphatic rings. The number of hydrogen-bond acceptors (Lipinski definition) is 10. The maximum atomic E-state index is 12.7. The van der Waals surface area contributed by atoms with Gasteiger partial charge < -0.3 is 23.7 Å². The standard InChI is InChI=1S/C33H39NO10/c1-19(35)42-27-17-33(38)26-10-5-21-16-24(44-30(37)43-23-8-6-22(7-9-23)34(39)40)12-14-31(21,2)25(26)13-15-32(33,3)29(27)20-4-11-28(36)41-18-20/h4,6-9,11,18,21,24-27,29,38H,5,10,12-17H2,1-3H3. The van der Waals surface area contributed by atoms with E-state index in [1.807, 2.05) is 0 Å². The summed E-state index contributed by atoms with van der Waals surface area (Å²) in [5.41, 5.74) is -1.51. The van der Waals surface area contributed by atoms with Crippen molar-refractivity contribution in [2.45, 2.75) is 95.9 Å². The van der Waals surface area contributed by atoms with Gasteiger partial charge in [-0.2, -0.15) is 0 Å². The minimum Gasteiger partial charge on any atom is -0.462 e. The van der Waals surface area contributed by atoms with Crippen LogP contribution in [0.2, 0.25) is 0 Å². The van der Waals surface area contributed by atoms with Crippen LogP contribution >= 0.6 is 0 Å². The van der Waals surface area contributed by atoms with E-state index in [1.54, 1.807) is 6.07 Å². The van der Waals surface area contributed by atoms with Crippen LogP contribution in [-0.2, 0) is 14.3 Å². The normalized spacial score (nSPS) is 37.5. The summed E-state index contributed by atoms with van der Waals surface area (Å²) >= 11 is 0. The van der Waals surface area contributed by atoms with Crippen LogP contribution in [0, 0.1) is 38.7 Å². The number of fused-ring (bicyclic) bond motifs is 5. The first-order valence-corrected chi connectivity index (χ1v) is 15.5. The molecule has 1 aromatic heterocycles. The highest BCUT2D eigenvalue weighted by molar-refractivity contribution is 5.66. The molecule has 4 saturated carbocycles. The quantitative estimate of drug-likeness (QED) is 0.187. The van der Waals surface area contributed by atoms with Gasteiger partial charge in [0.1, 0.15) is 18.0 Å². The third-order valence-electron chi connectivity index (χ3n) is 11.7. The fraction of sp³-hybridized carbons (Fsp3) is 0.606. The van der Waals surface area contributed by atoms with E-state index in [0.29, 0.717) is 25.2 Å². The number of esters is 1. The lowest BCUT2D eigenvalue weighted by Gasteiger charge is -2.63. The third kappa shape index (κ3) is 4.98. The molecule has 0 spiro atoms. The van der Waals surface area contributed by atoms with Crippen molar-refractivity contribution in [1.82, 2.24) is 0 Å². The van der Waals surface area contributed by atoms with E-state index < -0.39 is 39.8 Å². The zero-order valence-electron chi connectivity index (χ0n) is 25.2. The van der Waals surface area contributed by atoms with Crippen LogP contribution in [0.15, 0.2) is 51.9 Å². The molecule has 4 fully saturated rings. The number of non-ortho nitro benzene ring substituents is 1. The van der Waals surface area contributed by atoms with Gasteiger partial charge in [-0.25, -0.2) is 9.59 Å². The van der Waals surface area contributed by atoms with E-state index in [-0.39, 0.29) is 40.7 Å². The van der Waals surface area contributed by atoms with Crippen LogP contribution in [0.5, 0.6) is 5.75 Å². The van der Waals surface area contributed by atoms with Gasteiger partial charge in [-0.3, -0.25) is 14.9 Å². The van der Waals surface area contributed by atoms with Gasteiger partial charge in [0.2, 0.25) is 0 Å². The number of benzene rings is 1. The van der Waals surface area contributed by atoms with Crippen LogP contribution in [-0.4, -0.2) is 40.0 Å². The minimum absolute atomic E-state index is 0.00542. The van der Waals surface area contributed by atoms with Crippen molar-refractivity contribution in [3.05, 3.63) is 68.8 Å². The van der Waals surface area contributed by atoms with Crippen LogP contribution in [0.25, 0.3) is 0 Å². The lowest BCUT2D eigenvalue weighted by molar-refractivity contribution is -0.384. The van der Waals surface area contributed by atoms with E-state index in [4.69, 9.17) is 18.6 Å². The van der Waals surface area contributed by atoms with Gasteiger partial charge in [-0.1, -0.05) is 13.8 Å². The number of rotatable bonds is 5. The molecule has 9 unspecified atom stereocenters. The molecule has 1 aromatic carbocycles. The van der Waals surface area contributed by atoms with Crippen molar-refractivity contribution < 1.29 is 38.2 Å². The average Bonchev–Trinajstić information content (AvgIpc) is 3.19. The molecule has 0 bridgehead atoms. The Labute approximate surface area is 255 Å². The Morgan fingerprint density at radius 1 is 1.00 bits per heavy atom. The summed E-state index contributed by atoms with van der Waals surface area (Å²) in [6, 6.07) is 8.38. The third-order valence-corrected chi connectivity index (χ3v) is 11.7. The maximum absolute atomic E-state index is 12.7. The van der Waals surface area contributed by atoms with Gasteiger partial charge in [-0.15, -0.1) is 0 Å². The average molecular weight is 610 g/mol. The smallest absolute Gasteiger partial charge is 0.462 e. The van der Waals surface area contributed by atoms with E-state index in [2.05, 4.69) is 13.8 Å². The second kappa shape index (κ2) is 11.0. The highest BCUT2D eigenvalue weighted by atomic mass is 16.7. The van der Waals surface area contributed by atoms with Crippen LogP contribution in [0.3, 0.4) is 0 Å². The van der Waals surface area contributed by atoms with Crippen molar-refractivity contribution in [2.24, 2.45) is 28.6 Å². The Bertz CT molecular complexity index is 1480. The summed E-state index contributed by atoms with van der Waals surface area (Å²) in [6.45, 7) is 5.79. The molecule has 1 heterocycles. The molecule has 11 heteroatoms. The van der Waals surface area contributed by atoms with Gasteiger partial charge in [0.15, 0.2) is 0 Å². The van der Waals surface area contributed by atoms with Crippen LogP contribution in [0.4, 0.5) is 10.5 Å². The number of carbonyl (C=O) groups is 2. The number of carbonyl (C=O) groups excluding carboxylic acids is 2. The van der Waals surface area contributed by atoms with Gasteiger partial charge in [0.25, 0.3) is 5.69 Å². The van der Waals surface area contributed by atoms with Crippen molar-refractivity contribution in [1.29, 1.82) is 0 Å². The molecule has 4 aliphatic carbocycles. The van der Waals surface area contributed by atoms with E-state index >= 15 is 0 Å². The molecule has 0 saturated heterocycles. The van der Waals surface area contributed by atoms with Crippen molar-refractivity contribution in [3.63, 3.8) is 0 Å². The highest BCUT2D eigenvalue weighted by Crippen LogP contribution is 2.71. The molecule has 6 rings (SSSR count). The van der Waals surface area contributed by atoms with Crippen LogP contribution in [0.1, 0.15) is 83.6 Å². The molecular formula is C33H39NO10. The van der Waals surface area contributed by atoms with Crippen molar-refractivity contribution in [3.8, 4) is 5.75 Å². The number of nitro groups is 1. The van der Waals surface area contributed by atoms with E-state index in [9.17, 15) is 29.6 Å². The molecule has 11 nitrogen and oxygen atoms in total. The SMILES string of the molecule is CC(=O)OC1CC2(O)C3CCC4CC(OC(=O)Oc5ccc([N+](=O)[O-])cc5)CCC4(C)C3CCC2(C)C1c1ccc(=O)oc1. The minimum atomic E-state index is -1.08. The predicted molar refractivity (Wildman–Crippen MR) is 156 cm³/mol. The Morgan fingerprint density at radius 2 is 1.75 bits per heavy atom. The monoisotopic (exact) mass is 609 g/mol. The summed E-state index contributed by atoms with van der Waals surface area (Å²) < 4.78 is 22.0. The Balaban J connectivity index is 1.17. The van der Waals surface area contributed by atoms with Gasteiger partial charge in [0.05, 0.1) is 16.8 Å². The van der Waals surface area contributed by atoms with Crippen molar-refractivity contribution in [2.75, 3.05) is 0 Å². The Kier molecular flexibility index (Phi) is 7.58. The van der Waals surface area contributed by atoms with Gasteiger partial charge in [-0.05, 0) is 91.9 Å². The fourth-order valence-electron chi connectivity index (χ4n) is 9.65. The molecule has 236 valence electrons. The summed E-state index contributed by atoms with van der Waals surface area (Å²) in [5, 5.41) is 23.6. The highest BCUT2D eigenvalue weighted by Gasteiger charge is 2.70. The molecule has 0 radical (unpaired) electrons. The second-order valence-corrected chi connectivity index (χ2v) is 13.7. The fourth-order valence-corrected chi connectivity index (χ4v) is 9.65. The molecule has 0 amide bonds. The first-order chi connectivity index (χ1) is 20.8. The number of hydrogen-bond donors (Lipinski definition) is 1. The molecule has 44 heavy (non-hydrogen) atoms. The maximum Gasteiger partial charge on any atom is 0.514 e. The summed E-state index contributed by atoms with van der Waals surface area (Å²) in [6.07, 6.45) is 5.63. The van der Waals surface area contributed by atoms with Crippen LogP contribution < -0.4 is 10.4 Å². The van der Waals surface area contributed by atoms with E-state index in [0.717, 1.165) is 37.7 Å². The lowest BCUT2D eigenvalue weighted by atomic mass is 9.43. The number of aliphatic hydroxyl groups is 1. The predicted octanol–water partition coefficient (Wildman–Crippen LogP) is 5.92. The van der Waals surface area contributed by atoms with E-state index in [1.165, 1.54) is 43.5 Å². The Morgan fingerprint density at radius 3 is 2.41 bits per heavy atom. The first-order valence-electron chi connectivity index (χ1n) is 15.5. The summed E-state index contributed by atoms with van der Waals surface area (Å²) in [7, 11) is 0. The molecule has 1 N–H and O–H groups in total. The zero-order valence-corrected chi connectivity index (χ0v) is 25.2. The first kappa shape index (κ1) is 30.3. The Hall–Kier alpha value is -3.73. The van der Waals surface area contributed by atoms with Crippen molar-refractivity contribution >= 4 is 17.8 Å².